The highest BCUT2D eigenvalue weighted by molar-refractivity contribution is 7.99. The SMILES string of the molecule is O=CCN1CCC(c2csc(Nc3ncc(Sc4ccnc5ccsc45)cc3Oc3ccccc3)n2)CC1. The Balaban J connectivity index is 1.23. The summed E-state index contributed by atoms with van der Waals surface area (Å²) in [6.45, 7) is 2.36. The van der Waals surface area contributed by atoms with Crippen LogP contribution in [0.2, 0.25) is 0 Å². The number of carbonyl (C=O) groups excluding carboxylic acids is 1. The molecule has 1 aliphatic heterocycles. The van der Waals surface area contributed by atoms with Crippen molar-refractivity contribution < 1.29 is 9.53 Å². The largest absolute Gasteiger partial charge is 0.453 e. The molecule has 7 nitrogen and oxygen atoms in total. The van der Waals surface area contributed by atoms with E-state index in [1.54, 1.807) is 34.4 Å². The molecule has 0 aliphatic carbocycles. The number of hydrogen-bond acceptors (Lipinski definition) is 10. The first kappa shape index (κ1) is 25.0. The third-order valence-corrected chi connectivity index (χ3v) is 9.28. The smallest absolute Gasteiger partial charge is 0.188 e. The number of nitrogens with one attached hydrogen (secondary N) is 1. The molecule has 192 valence electrons. The standard InChI is InChI=1S/C28H25N5O2S3/c34-14-13-33-11-7-19(8-12-33)23-18-37-28(31-23)32-27-24(35-20-4-2-1-3-5-20)16-21(17-30-27)38-25-6-10-29-22-9-15-36-26(22)25/h1-6,9-10,14-19H,7-8,11-13H2,(H,30,31,32). The van der Waals surface area contributed by atoms with E-state index in [2.05, 4.69) is 26.0 Å². The number of aromatic nitrogens is 3. The lowest BCUT2D eigenvalue weighted by atomic mass is 9.94. The fourth-order valence-electron chi connectivity index (χ4n) is 4.48. The van der Waals surface area contributed by atoms with Crippen LogP contribution in [0.3, 0.4) is 0 Å². The molecular formula is C28H25N5O2S3. The van der Waals surface area contributed by atoms with Crippen molar-refractivity contribution in [2.75, 3.05) is 25.0 Å². The van der Waals surface area contributed by atoms with Crippen LogP contribution in [-0.2, 0) is 4.79 Å². The van der Waals surface area contributed by atoms with Gasteiger partial charge in [-0.05, 0) is 55.6 Å². The first-order chi connectivity index (χ1) is 18.7. The number of rotatable bonds is 9. The summed E-state index contributed by atoms with van der Waals surface area (Å²) in [6.07, 6.45) is 6.71. The highest BCUT2D eigenvalue weighted by atomic mass is 32.2. The van der Waals surface area contributed by atoms with E-state index in [0.29, 0.717) is 24.0 Å². The second kappa shape index (κ2) is 11.6. The van der Waals surface area contributed by atoms with E-state index in [9.17, 15) is 4.79 Å². The van der Waals surface area contributed by atoms with Crippen LogP contribution < -0.4 is 10.1 Å². The van der Waals surface area contributed by atoms with E-state index >= 15 is 0 Å². The number of fused-ring (bicyclic) bond motifs is 1. The molecule has 5 aromatic rings. The molecule has 1 aromatic carbocycles. The van der Waals surface area contributed by atoms with Crippen molar-refractivity contribution in [1.82, 2.24) is 19.9 Å². The molecule has 10 heteroatoms. The zero-order valence-corrected chi connectivity index (χ0v) is 22.9. The monoisotopic (exact) mass is 559 g/mol. The molecule has 0 unspecified atom stereocenters. The van der Waals surface area contributed by atoms with Crippen molar-refractivity contribution >= 4 is 61.9 Å². The summed E-state index contributed by atoms with van der Waals surface area (Å²) in [6, 6.07) is 15.8. The molecule has 0 spiro atoms. The average Bonchev–Trinajstić information content (AvgIpc) is 3.62. The minimum atomic E-state index is 0.408. The van der Waals surface area contributed by atoms with Crippen LogP contribution in [0.1, 0.15) is 24.5 Å². The Bertz CT molecular complexity index is 1530. The van der Waals surface area contributed by atoms with Crippen LogP contribution in [0.15, 0.2) is 81.5 Å². The summed E-state index contributed by atoms with van der Waals surface area (Å²) in [5, 5.41) is 8.37. The second-order valence-corrected chi connectivity index (χ2v) is 11.8. The van der Waals surface area contributed by atoms with Gasteiger partial charge in [0.25, 0.3) is 0 Å². The minimum absolute atomic E-state index is 0.408. The summed E-state index contributed by atoms with van der Waals surface area (Å²) in [4.78, 5) is 29.2. The van der Waals surface area contributed by atoms with Gasteiger partial charge in [0, 0.05) is 39.5 Å². The molecule has 0 amide bonds. The number of anilines is 2. The Hall–Kier alpha value is -3.31. The fourth-order valence-corrected chi connectivity index (χ4v) is 7.15. The summed E-state index contributed by atoms with van der Waals surface area (Å²) in [7, 11) is 0. The Morgan fingerprint density at radius 1 is 1.11 bits per heavy atom. The number of ether oxygens (including phenoxy) is 1. The molecule has 1 saturated heterocycles. The van der Waals surface area contributed by atoms with E-state index in [0.717, 1.165) is 68.8 Å². The molecular weight excluding hydrogens is 535 g/mol. The zero-order valence-electron chi connectivity index (χ0n) is 20.4. The van der Waals surface area contributed by atoms with Gasteiger partial charge < -0.3 is 14.8 Å². The second-order valence-electron chi connectivity index (χ2n) is 8.92. The maximum absolute atomic E-state index is 10.8. The van der Waals surface area contributed by atoms with Crippen LogP contribution in [0.5, 0.6) is 11.5 Å². The van der Waals surface area contributed by atoms with Gasteiger partial charge in [0.1, 0.15) is 12.0 Å². The topological polar surface area (TPSA) is 80.2 Å². The van der Waals surface area contributed by atoms with Crippen molar-refractivity contribution in [1.29, 1.82) is 0 Å². The number of para-hydroxylation sites is 1. The molecule has 1 aliphatic rings. The molecule has 6 rings (SSSR count). The number of benzene rings is 1. The lowest BCUT2D eigenvalue weighted by Crippen LogP contribution is -2.34. The number of likely N-dealkylation sites (tertiary alicyclic amines) is 1. The van der Waals surface area contributed by atoms with Gasteiger partial charge in [-0.15, -0.1) is 22.7 Å². The summed E-state index contributed by atoms with van der Waals surface area (Å²) in [5.41, 5.74) is 2.10. The number of pyridine rings is 2. The molecule has 1 N–H and O–H groups in total. The summed E-state index contributed by atoms with van der Waals surface area (Å²) >= 11 is 4.91. The van der Waals surface area contributed by atoms with Crippen molar-refractivity contribution in [3.63, 3.8) is 0 Å². The Kier molecular flexibility index (Phi) is 7.64. The molecule has 5 heterocycles. The van der Waals surface area contributed by atoms with E-state index in [4.69, 9.17) is 14.7 Å². The van der Waals surface area contributed by atoms with Crippen molar-refractivity contribution in [2.45, 2.75) is 28.6 Å². The Morgan fingerprint density at radius 3 is 2.82 bits per heavy atom. The van der Waals surface area contributed by atoms with Gasteiger partial charge in [0.05, 0.1) is 22.5 Å². The molecule has 0 atom stereocenters. The van der Waals surface area contributed by atoms with Crippen molar-refractivity contribution in [3.8, 4) is 11.5 Å². The predicted octanol–water partition coefficient (Wildman–Crippen LogP) is 7.21. The fraction of sp³-hybridized carbons (Fsp3) is 0.214. The molecule has 1 fully saturated rings. The number of thiophene rings is 1. The van der Waals surface area contributed by atoms with Crippen molar-refractivity contribution in [3.05, 3.63) is 77.4 Å². The van der Waals surface area contributed by atoms with Crippen LogP contribution in [-0.4, -0.2) is 45.8 Å². The maximum Gasteiger partial charge on any atom is 0.188 e. The number of thiazole rings is 1. The summed E-state index contributed by atoms with van der Waals surface area (Å²) in [5.74, 6) is 2.41. The lowest BCUT2D eigenvalue weighted by Gasteiger charge is -2.29. The first-order valence-electron chi connectivity index (χ1n) is 12.4. The number of hydrogen-bond donors (Lipinski definition) is 1. The maximum atomic E-state index is 10.8. The molecule has 0 radical (unpaired) electrons. The highest BCUT2D eigenvalue weighted by Crippen LogP contribution is 2.40. The molecule has 4 aromatic heterocycles. The van der Waals surface area contributed by atoms with Gasteiger partial charge in [0.15, 0.2) is 16.7 Å². The quantitative estimate of drug-likeness (QED) is 0.190. The van der Waals surface area contributed by atoms with Crippen LogP contribution >= 0.6 is 34.4 Å². The van der Waals surface area contributed by atoms with Gasteiger partial charge in [0.2, 0.25) is 0 Å². The number of piperidine rings is 1. The zero-order chi connectivity index (χ0) is 25.7. The average molecular weight is 560 g/mol. The highest BCUT2D eigenvalue weighted by Gasteiger charge is 2.23. The normalized spacial score (nSPS) is 14.5. The third-order valence-electron chi connectivity index (χ3n) is 6.42. The predicted molar refractivity (Wildman–Crippen MR) is 154 cm³/mol. The number of nitrogens with zero attached hydrogens (tertiary/aromatic N) is 4. The van der Waals surface area contributed by atoms with Gasteiger partial charge in [-0.2, -0.15) is 0 Å². The number of aldehydes is 1. The molecule has 38 heavy (non-hydrogen) atoms. The molecule has 0 saturated carbocycles. The first-order valence-corrected chi connectivity index (χ1v) is 14.9. The number of carbonyl (C=O) groups is 1. The molecule has 0 bridgehead atoms. The van der Waals surface area contributed by atoms with Gasteiger partial charge >= 0.3 is 0 Å². The Morgan fingerprint density at radius 2 is 1.97 bits per heavy atom. The van der Waals surface area contributed by atoms with E-state index in [1.165, 1.54) is 0 Å². The van der Waals surface area contributed by atoms with Gasteiger partial charge in [-0.3, -0.25) is 9.88 Å². The van der Waals surface area contributed by atoms with Gasteiger partial charge in [-0.25, -0.2) is 9.97 Å². The van der Waals surface area contributed by atoms with Crippen LogP contribution in [0.4, 0.5) is 10.9 Å². The van der Waals surface area contributed by atoms with E-state index in [-0.39, 0.29) is 0 Å². The van der Waals surface area contributed by atoms with Gasteiger partial charge in [-0.1, -0.05) is 30.0 Å². The lowest BCUT2D eigenvalue weighted by molar-refractivity contribution is -0.109. The summed E-state index contributed by atoms with van der Waals surface area (Å²) < 4.78 is 7.45. The third kappa shape index (κ3) is 5.73. The van der Waals surface area contributed by atoms with Crippen LogP contribution in [0, 0.1) is 0 Å². The van der Waals surface area contributed by atoms with E-state index < -0.39 is 0 Å². The van der Waals surface area contributed by atoms with Crippen LogP contribution in [0.25, 0.3) is 10.2 Å². The Labute approximate surface area is 232 Å². The van der Waals surface area contributed by atoms with Crippen molar-refractivity contribution in [2.24, 2.45) is 0 Å². The minimum Gasteiger partial charge on any atom is -0.453 e. The van der Waals surface area contributed by atoms with E-state index in [1.807, 2.05) is 60.9 Å².